The van der Waals surface area contributed by atoms with Crippen molar-refractivity contribution in [3.05, 3.63) is 101 Å². The van der Waals surface area contributed by atoms with E-state index in [2.05, 4.69) is 15.6 Å². The van der Waals surface area contributed by atoms with E-state index < -0.39 is 6.03 Å². The maximum Gasteiger partial charge on any atom is 0.324 e. The monoisotopic (exact) mass is 414 g/mol. The summed E-state index contributed by atoms with van der Waals surface area (Å²) in [5, 5.41) is 5.74. The van der Waals surface area contributed by atoms with Gasteiger partial charge >= 0.3 is 6.03 Å². The summed E-state index contributed by atoms with van der Waals surface area (Å²) in [6.45, 7) is 0.545. The molecule has 156 valence electrons. The molecule has 4 rings (SSSR count). The van der Waals surface area contributed by atoms with Crippen molar-refractivity contribution in [2.24, 2.45) is 0 Å². The zero-order valence-electron chi connectivity index (χ0n) is 16.8. The van der Waals surface area contributed by atoms with Gasteiger partial charge in [0, 0.05) is 24.5 Å². The Morgan fingerprint density at radius 1 is 1.00 bits per heavy atom. The van der Waals surface area contributed by atoms with Crippen LogP contribution in [0.2, 0.25) is 0 Å². The first kappa shape index (κ1) is 20.3. The van der Waals surface area contributed by atoms with Gasteiger partial charge in [0.2, 0.25) is 5.91 Å². The van der Waals surface area contributed by atoms with Crippen molar-refractivity contribution in [2.45, 2.75) is 25.6 Å². The molecule has 2 heterocycles. The van der Waals surface area contributed by atoms with Gasteiger partial charge in [0.15, 0.2) is 0 Å². The summed E-state index contributed by atoms with van der Waals surface area (Å²) in [7, 11) is 0. The predicted molar refractivity (Wildman–Crippen MR) is 115 cm³/mol. The number of imide groups is 1. The molecule has 4 amide bonds. The summed E-state index contributed by atoms with van der Waals surface area (Å²) in [5.74, 6) is -0.427. The smallest absolute Gasteiger partial charge is 0.324 e. The Morgan fingerprint density at radius 2 is 1.77 bits per heavy atom. The highest BCUT2D eigenvalue weighted by Gasteiger charge is 2.32. The lowest BCUT2D eigenvalue weighted by atomic mass is 10.0. The third kappa shape index (κ3) is 4.95. The van der Waals surface area contributed by atoms with Crippen LogP contribution in [0.4, 0.5) is 4.79 Å². The Balaban J connectivity index is 1.35. The number of rotatable bonds is 6. The minimum absolute atomic E-state index is 0.157. The maximum absolute atomic E-state index is 12.6. The molecule has 1 aliphatic heterocycles. The lowest BCUT2D eigenvalue weighted by Gasteiger charge is -2.31. The van der Waals surface area contributed by atoms with Gasteiger partial charge in [0.1, 0.15) is 0 Å². The third-order valence-corrected chi connectivity index (χ3v) is 5.16. The van der Waals surface area contributed by atoms with Gasteiger partial charge in [-0.15, -0.1) is 0 Å². The number of nitrogens with zero attached hydrogens (tertiary/aromatic N) is 2. The first-order valence-corrected chi connectivity index (χ1v) is 10.0. The van der Waals surface area contributed by atoms with E-state index in [1.165, 1.54) is 4.90 Å². The van der Waals surface area contributed by atoms with Crippen LogP contribution in [0, 0.1) is 0 Å². The highest BCUT2D eigenvalue weighted by Crippen LogP contribution is 2.23. The Morgan fingerprint density at radius 3 is 2.45 bits per heavy atom. The molecule has 7 heteroatoms. The standard InChI is InChI=1S/C24H22N4O3/c29-22-13-21(19-6-2-1-3-7-19)27-24(31)28(22)16-17-8-10-20(11-9-17)23(30)26-15-18-5-4-12-25-14-18/h1-12,14,21H,13,15-16H2,(H,26,30)(H,27,31). The van der Waals surface area contributed by atoms with E-state index in [0.29, 0.717) is 12.1 Å². The predicted octanol–water partition coefficient (Wildman–Crippen LogP) is 3.19. The third-order valence-electron chi connectivity index (χ3n) is 5.16. The van der Waals surface area contributed by atoms with Crippen molar-refractivity contribution >= 4 is 17.8 Å². The molecule has 1 atom stereocenters. The average molecular weight is 414 g/mol. The van der Waals surface area contributed by atoms with E-state index in [0.717, 1.165) is 16.7 Å². The molecule has 0 saturated carbocycles. The van der Waals surface area contributed by atoms with Gasteiger partial charge in [0.25, 0.3) is 5.91 Å². The number of amides is 4. The van der Waals surface area contributed by atoms with Crippen LogP contribution in [0.3, 0.4) is 0 Å². The van der Waals surface area contributed by atoms with Gasteiger partial charge in [-0.1, -0.05) is 48.5 Å². The molecule has 1 aliphatic rings. The second-order valence-corrected chi connectivity index (χ2v) is 7.34. The molecule has 31 heavy (non-hydrogen) atoms. The van der Waals surface area contributed by atoms with Crippen LogP contribution >= 0.6 is 0 Å². The van der Waals surface area contributed by atoms with E-state index >= 15 is 0 Å². The number of carbonyl (C=O) groups excluding carboxylic acids is 3. The van der Waals surface area contributed by atoms with Crippen molar-refractivity contribution in [2.75, 3.05) is 0 Å². The summed E-state index contributed by atoms with van der Waals surface area (Å²) >= 11 is 0. The summed E-state index contributed by atoms with van der Waals surface area (Å²) in [6, 6.07) is 19.3. The zero-order valence-corrected chi connectivity index (χ0v) is 16.8. The molecular weight excluding hydrogens is 392 g/mol. The van der Waals surface area contributed by atoms with Gasteiger partial charge in [-0.05, 0) is 34.9 Å². The summed E-state index contributed by atoms with van der Waals surface area (Å²) < 4.78 is 0. The van der Waals surface area contributed by atoms with E-state index in [4.69, 9.17) is 0 Å². The van der Waals surface area contributed by atoms with Crippen molar-refractivity contribution in [3.8, 4) is 0 Å². The quantitative estimate of drug-likeness (QED) is 0.648. The fraction of sp³-hybridized carbons (Fsp3) is 0.167. The van der Waals surface area contributed by atoms with Crippen molar-refractivity contribution in [3.63, 3.8) is 0 Å². The molecule has 1 aromatic heterocycles. The Bertz CT molecular complexity index is 1050. The Kier molecular flexibility index (Phi) is 6.03. The molecule has 1 unspecified atom stereocenters. The second-order valence-electron chi connectivity index (χ2n) is 7.34. The van der Waals surface area contributed by atoms with E-state index in [-0.39, 0.29) is 30.8 Å². The van der Waals surface area contributed by atoms with Crippen molar-refractivity contribution < 1.29 is 14.4 Å². The van der Waals surface area contributed by atoms with Crippen LogP contribution in [0.25, 0.3) is 0 Å². The Hall–Kier alpha value is -4.00. The molecule has 1 saturated heterocycles. The molecule has 0 aliphatic carbocycles. The summed E-state index contributed by atoms with van der Waals surface area (Å²) in [5.41, 5.74) is 3.10. The van der Waals surface area contributed by atoms with Gasteiger partial charge in [0.05, 0.1) is 19.0 Å². The molecular formula is C24H22N4O3. The second kappa shape index (κ2) is 9.21. The zero-order chi connectivity index (χ0) is 21.6. The van der Waals surface area contributed by atoms with Crippen LogP contribution in [0.5, 0.6) is 0 Å². The summed E-state index contributed by atoms with van der Waals surface area (Å²) in [6.07, 6.45) is 3.59. The highest BCUT2D eigenvalue weighted by molar-refractivity contribution is 5.97. The number of carbonyl (C=O) groups is 3. The topological polar surface area (TPSA) is 91.4 Å². The number of urea groups is 1. The lowest BCUT2D eigenvalue weighted by Crippen LogP contribution is -2.50. The van der Waals surface area contributed by atoms with Crippen LogP contribution in [0.1, 0.15) is 39.5 Å². The number of hydrogen-bond donors (Lipinski definition) is 2. The molecule has 3 aromatic rings. The van der Waals surface area contributed by atoms with Gasteiger partial charge in [-0.2, -0.15) is 0 Å². The van der Waals surface area contributed by atoms with Crippen LogP contribution < -0.4 is 10.6 Å². The fourth-order valence-corrected chi connectivity index (χ4v) is 3.45. The minimum atomic E-state index is -0.414. The van der Waals surface area contributed by atoms with Gasteiger partial charge in [-0.3, -0.25) is 19.5 Å². The number of pyridine rings is 1. The molecule has 0 bridgehead atoms. The van der Waals surface area contributed by atoms with E-state index in [9.17, 15) is 14.4 Å². The van der Waals surface area contributed by atoms with Crippen molar-refractivity contribution in [1.82, 2.24) is 20.5 Å². The average Bonchev–Trinajstić information content (AvgIpc) is 2.81. The largest absolute Gasteiger partial charge is 0.348 e. The lowest BCUT2D eigenvalue weighted by molar-refractivity contribution is -0.130. The first-order valence-electron chi connectivity index (χ1n) is 10.0. The maximum atomic E-state index is 12.6. The van der Waals surface area contributed by atoms with Crippen LogP contribution in [0.15, 0.2) is 79.1 Å². The molecule has 0 radical (unpaired) electrons. The number of hydrogen-bond acceptors (Lipinski definition) is 4. The van der Waals surface area contributed by atoms with Crippen molar-refractivity contribution in [1.29, 1.82) is 0 Å². The number of aromatic nitrogens is 1. The van der Waals surface area contributed by atoms with Crippen LogP contribution in [-0.2, 0) is 17.9 Å². The van der Waals surface area contributed by atoms with Gasteiger partial charge in [-0.25, -0.2) is 4.79 Å². The highest BCUT2D eigenvalue weighted by atomic mass is 16.2. The normalized spacial score (nSPS) is 16.0. The molecule has 7 nitrogen and oxygen atoms in total. The number of benzene rings is 2. The fourth-order valence-electron chi connectivity index (χ4n) is 3.45. The molecule has 2 aromatic carbocycles. The molecule has 2 N–H and O–H groups in total. The minimum Gasteiger partial charge on any atom is -0.348 e. The van der Waals surface area contributed by atoms with Gasteiger partial charge < -0.3 is 10.6 Å². The van der Waals surface area contributed by atoms with E-state index in [1.54, 1.807) is 36.7 Å². The Labute approximate surface area is 180 Å². The van der Waals surface area contributed by atoms with Crippen LogP contribution in [-0.4, -0.2) is 27.7 Å². The molecule has 0 spiro atoms. The first-order chi connectivity index (χ1) is 15.1. The molecule has 1 fully saturated rings. The van der Waals surface area contributed by atoms with E-state index in [1.807, 2.05) is 42.5 Å². The summed E-state index contributed by atoms with van der Waals surface area (Å²) in [4.78, 5) is 42.7. The SMILES string of the molecule is O=C(NCc1cccnc1)c1ccc(CN2C(=O)CC(c3ccccc3)NC2=O)cc1. The number of nitrogens with one attached hydrogen (secondary N) is 2.